The Hall–Kier alpha value is -2.68. The number of thioether (sulfide) groups is 1. The van der Waals surface area contributed by atoms with Gasteiger partial charge in [0.2, 0.25) is 0 Å². The lowest BCUT2D eigenvalue weighted by molar-refractivity contribution is -0.123. The Kier molecular flexibility index (Phi) is 6.93. The van der Waals surface area contributed by atoms with Crippen LogP contribution in [0.3, 0.4) is 0 Å². The zero-order valence-electron chi connectivity index (χ0n) is 17.8. The second-order valence-corrected chi connectivity index (χ2v) is 9.27. The van der Waals surface area contributed by atoms with Crippen molar-refractivity contribution in [1.29, 1.82) is 0 Å². The lowest BCUT2D eigenvalue weighted by Gasteiger charge is -2.18. The smallest absolute Gasteiger partial charge is 0.343 e. The summed E-state index contributed by atoms with van der Waals surface area (Å²) in [5, 5.41) is 0. The maximum Gasteiger partial charge on any atom is 0.343 e. The van der Waals surface area contributed by atoms with Crippen molar-refractivity contribution in [2.24, 2.45) is 0 Å². The summed E-state index contributed by atoms with van der Waals surface area (Å²) < 4.78 is 17.1. The molecule has 1 atom stereocenters. The average molecular weight is 470 g/mol. The molecule has 2 fully saturated rings. The Morgan fingerprint density at radius 3 is 2.72 bits per heavy atom. The highest BCUT2D eigenvalue weighted by Crippen LogP contribution is 2.35. The predicted molar refractivity (Wildman–Crippen MR) is 128 cm³/mol. The second-order valence-electron chi connectivity index (χ2n) is 7.59. The van der Waals surface area contributed by atoms with E-state index < -0.39 is 5.97 Å². The highest BCUT2D eigenvalue weighted by atomic mass is 32.2. The number of hydrogen-bond donors (Lipinski definition) is 0. The third kappa shape index (κ3) is 5.03. The first-order chi connectivity index (χ1) is 15.4. The van der Waals surface area contributed by atoms with Gasteiger partial charge in [-0.2, -0.15) is 0 Å². The third-order valence-electron chi connectivity index (χ3n) is 5.26. The molecule has 166 valence electrons. The molecule has 0 aliphatic carbocycles. The molecule has 2 aliphatic rings. The molecular weight excluding hydrogens is 446 g/mol. The Balaban J connectivity index is 1.49. The molecule has 2 aromatic carbocycles. The SMILES string of the molecule is COc1cc(/C=C2/SC(=S)N(C[C@H]3CCCO3)C2=O)ccc1OC(=O)c1ccc(C)cc1. The van der Waals surface area contributed by atoms with Crippen molar-refractivity contribution in [2.45, 2.75) is 25.9 Å². The molecule has 2 aliphatic heterocycles. The van der Waals surface area contributed by atoms with Crippen LogP contribution in [0, 0.1) is 6.92 Å². The summed E-state index contributed by atoms with van der Waals surface area (Å²) in [6, 6.07) is 12.3. The normalized spacial score (nSPS) is 19.6. The minimum atomic E-state index is -0.467. The van der Waals surface area contributed by atoms with Gasteiger partial charge in [-0.3, -0.25) is 9.69 Å². The average Bonchev–Trinajstić information content (AvgIpc) is 3.39. The van der Waals surface area contributed by atoms with Crippen LogP contribution in [0.25, 0.3) is 6.08 Å². The van der Waals surface area contributed by atoms with Crippen molar-refractivity contribution in [3.63, 3.8) is 0 Å². The van der Waals surface area contributed by atoms with Gasteiger partial charge in [0.05, 0.1) is 30.2 Å². The summed E-state index contributed by atoms with van der Waals surface area (Å²) in [7, 11) is 1.50. The van der Waals surface area contributed by atoms with E-state index in [1.807, 2.05) is 19.1 Å². The van der Waals surface area contributed by atoms with E-state index in [0.29, 0.717) is 32.8 Å². The number of hydrogen-bond acceptors (Lipinski definition) is 7. The second kappa shape index (κ2) is 9.85. The van der Waals surface area contributed by atoms with E-state index in [1.165, 1.54) is 18.9 Å². The molecule has 6 nitrogen and oxygen atoms in total. The first-order valence-electron chi connectivity index (χ1n) is 10.3. The van der Waals surface area contributed by atoms with Crippen LogP contribution in [0.2, 0.25) is 0 Å². The minimum absolute atomic E-state index is 0.0412. The quantitative estimate of drug-likeness (QED) is 0.265. The summed E-state index contributed by atoms with van der Waals surface area (Å²) in [6.07, 6.45) is 3.76. The summed E-state index contributed by atoms with van der Waals surface area (Å²) in [6.45, 7) is 3.17. The van der Waals surface area contributed by atoms with E-state index in [4.69, 9.17) is 26.4 Å². The van der Waals surface area contributed by atoms with Gasteiger partial charge in [-0.15, -0.1) is 0 Å². The van der Waals surface area contributed by atoms with Crippen molar-refractivity contribution in [2.75, 3.05) is 20.3 Å². The number of aryl methyl sites for hydroxylation is 1. The molecule has 2 heterocycles. The Bertz CT molecular complexity index is 1070. The molecule has 0 N–H and O–H groups in total. The van der Waals surface area contributed by atoms with E-state index in [9.17, 15) is 9.59 Å². The third-order valence-corrected chi connectivity index (χ3v) is 6.64. The first-order valence-corrected chi connectivity index (χ1v) is 11.5. The van der Waals surface area contributed by atoms with E-state index >= 15 is 0 Å². The highest BCUT2D eigenvalue weighted by molar-refractivity contribution is 8.26. The van der Waals surface area contributed by atoms with Gasteiger partial charge >= 0.3 is 5.97 Å². The van der Waals surface area contributed by atoms with Gasteiger partial charge in [-0.25, -0.2) is 4.79 Å². The maximum atomic E-state index is 12.8. The van der Waals surface area contributed by atoms with Crippen LogP contribution in [-0.4, -0.2) is 47.5 Å². The lowest BCUT2D eigenvalue weighted by atomic mass is 10.1. The number of rotatable bonds is 6. The molecule has 0 saturated carbocycles. The molecule has 0 spiro atoms. The number of methoxy groups -OCH3 is 1. The van der Waals surface area contributed by atoms with Crippen LogP contribution in [0.15, 0.2) is 47.4 Å². The monoisotopic (exact) mass is 469 g/mol. The fraction of sp³-hybridized carbons (Fsp3) is 0.292. The van der Waals surface area contributed by atoms with E-state index in [0.717, 1.165) is 30.6 Å². The number of carbonyl (C=O) groups excluding carboxylic acids is 2. The van der Waals surface area contributed by atoms with Gasteiger partial charge < -0.3 is 14.2 Å². The van der Waals surface area contributed by atoms with Crippen molar-refractivity contribution in [1.82, 2.24) is 4.90 Å². The van der Waals surface area contributed by atoms with Crippen LogP contribution in [0.1, 0.15) is 34.3 Å². The lowest BCUT2D eigenvalue weighted by Crippen LogP contribution is -2.35. The van der Waals surface area contributed by atoms with Gasteiger partial charge in [-0.1, -0.05) is 47.7 Å². The van der Waals surface area contributed by atoms with Crippen molar-refractivity contribution in [3.8, 4) is 11.5 Å². The number of thiocarbonyl (C=S) groups is 1. The largest absolute Gasteiger partial charge is 0.493 e. The standard InChI is InChI=1S/C24H23NO5S2/c1-15-5-8-17(9-6-15)23(27)30-19-10-7-16(12-20(19)28-2)13-21-22(26)25(24(31)32-21)14-18-4-3-11-29-18/h5-10,12-13,18H,3-4,11,14H2,1-2H3/b21-13+/t18-/m1/s1. The Morgan fingerprint density at radius 1 is 1.25 bits per heavy atom. The molecule has 4 rings (SSSR count). The fourth-order valence-corrected chi connectivity index (χ4v) is 4.78. The zero-order chi connectivity index (χ0) is 22.7. The van der Waals surface area contributed by atoms with Gasteiger partial charge in [0, 0.05) is 6.61 Å². The van der Waals surface area contributed by atoms with Crippen LogP contribution >= 0.6 is 24.0 Å². The van der Waals surface area contributed by atoms with Crippen LogP contribution in [-0.2, 0) is 9.53 Å². The van der Waals surface area contributed by atoms with E-state index in [-0.39, 0.29) is 12.0 Å². The molecule has 2 aromatic rings. The van der Waals surface area contributed by atoms with Crippen LogP contribution < -0.4 is 9.47 Å². The van der Waals surface area contributed by atoms with E-state index in [1.54, 1.807) is 41.3 Å². The molecule has 0 aromatic heterocycles. The van der Waals surface area contributed by atoms with Crippen molar-refractivity contribution < 1.29 is 23.8 Å². The number of nitrogens with zero attached hydrogens (tertiary/aromatic N) is 1. The number of amides is 1. The van der Waals surface area contributed by atoms with Gasteiger partial charge in [0.25, 0.3) is 5.91 Å². The van der Waals surface area contributed by atoms with E-state index in [2.05, 4.69) is 0 Å². The zero-order valence-corrected chi connectivity index (χ0v) is 19.5. The summed E-state index contributed by atoms with van der Waals surface area (Å²) in [5.41, 5.74) is 2.26. The molecular formula is C24H23NO5S2. The van der Waals surface area contributed by atoms with Crippen LogP contribution in [0.4, 0.5) is 0 Å². The van der Waals surface area contributed by atoms with Crippen molar-refractivity contribution >= 4 is 46.3 Å². The van der Waals surface area contributed by atoms with Crippen LogP contribution in [0.5, 0.6) is 11.5 Å². The number of benzene rings is 2. The maximum absolute atomic E-state index is 12.8. The highest BCUT2D eigenvalue weighted by Gasteiger charge is 2.34. The molecule has 8 heteroatoms. The number of ether oxygens (including phenoxy) is 3. The van der Waals surface area contributed by atoms with Crippen molar-refractivity contribution in [3.05, 3.63) is 64.1 Å². The topological polar surface area (TPSA) is 65.1 Å². The molecule has 32 heavy (non-hydrogen) atoms. The van der Waals surface area contributed by atoms with Gasteiger partial charge in [-0.05, 0) is 55.7 Å². The predicted octanol–water partition coefficient (Wildman–Crippen LogP) is 4.60. The molecule has 0 bridgehead atoms. The summed E-state index contributed by atoms with van der Waals surface area (Å²) in [4.78, 5) is 27.4. The molecule has 0 radical (unpaired) electrons. The fourth-order valence-electron chi connectivity index (χ4n) is 3.51. The molecule has 1 amide bonds. The summed E-state index contributed by atoms with van der Waals surface area (Å²) in [5.74, 6) is 0.116. The minimum Gasteiger partial charge on any atom is -0.493 e. The Morgan fingerprint density at radius 2 is 2.03 bits per heavy atom. The number of esters is 1. The number of carbonyl (C=O) groups is 2. The first kappa shape index (κ1) is 22.5. The molecule has 2 saturated heterocycles. The van der Waals surface area contributed by atoms with Gasteiger partial charge in [0.15, 0.2) is 11.5 Å². The summed E-state index contributed by atoms with van der Waals surface area (Å²) >= 11 is 6.68. The molecule has 0 unspecified atom stereocenters. The van der Waals surface area contributed by atoms with Gasteiger partial charge in [0.1, 0.15) is 4.32 Å². The Labute approximate surface area is 196 Å².